The Bertz CT molecular complexity index is 1850. The summed E-state index contributed by atoms with van der Waals surface area (Å²) in [5, 5.41) is 14.5. The molecule has 6 heterocycles. The molecule has 0 unspecified atom stereocenters. The van der Waals surface area contributed by atoms with Crippen molar-refractivity contribution in [1.82, 2.24) is 25.2 Å². The summed E-state index contributed by atoms with van der Waals surface area (Å²) in [6, 6.07) is 5.55. The van der Waals surface area contributed by atoms with Crippen molar-refractivity contribution in [3.63, 3.8) is 0 Å². The third-order valence-corrected chi connectivity index (χ3v) is 10.2. The molecule has 0 amide bonds. The number of pyridine rings is 1. The van der Waals surface area contributed by atoms with Crippen LogP contribution in [0.2, 0.25) is 5.02 Å². The van der Waals surface area contributed by atoms with E-state index in [0.29, 0.717) is 37.3 Å². The van der Waals surface area contributed by atoms with Crippen LogP contribution in [-0.4, -0.2) is 88.1 Å². The lowest BCUT2D eigenvalue weighted by atomic mass is 9.95. The molecule has 13 heteroatoms. The van der Waals surface area contributed by atoms with Gasteiger partial charge in [0.1, 0.15) is 53.4 Å². The highest BCUT2D eigenvalue weighted by Gasteiger charge is 2.49. The molecule has 236 valence electrons. The number of ether oxygens (including phenoxy) is 2. The molecule has 4 aliphatic heterocycles. The van der Waals surface area contributed by atoms with Crippen molar-refractivity contribution < 1.29 is 27.8 Å². The zero-order valence-electron chi connectivity index (χ0n) is 24.6. The molecule has 4 atom stereocenters. The van der Waals surface area contributed by atoms with Gasteiger partial charge in [0.25, 0.3) is 0 Å². The lowest BCUT2D eigenvalue weighted by Gasteiger charge is -2.39. The number of nitrogens with one attached hydrogen (secondary N) is 1. The van der Waals surface area contributed by atoms with Crippen molar-refractivity contribution in [3.05, 3.63) is 40.9 Å². The maximum Gasteiger partial charge on any atom is 0.319 e. The first-order valence-corrected chi connectivity index (χ1v) is 15.8. The Hall–Kier alpha value is -3.61. The Balaban J connectivity index is 1.32. The molecule has 2 N–H and O–H groups in total. The van der Waals surface area contributed by atoms with Crippen LogP contribution in [-0.2, 0) is 0 Å². The quantitative estimate of drug-likeness (QED) is 0.298. The van der Waals surface area contributed by atoms with Crippen LogP contribution in [0.1, 0.15) is 32.6 Å². The first-order valence-electron chi connectivity index (χ1n) is 15.4. The second-order valence-electron chi connectivity index (χ2n) is 12.6. The van der Waals surface area contributed by atoms with Gasteiger partial charge < -0.3 is 24.8 Å². The lowest BCUT2D eigenvalue weighted by Crippen LogP contribution is -2.58. The van der Waals surface area contributed by atoms with Crippen molar-refractivity contribution in [1.29, 1.82) is 0 Å². The van der Waals surface area contributed by atoms with Crippen LogP contribution in [0.4, 0.5) is 19.0 Å². The summed E-state index contributed by atoms with van der Waals surface area (Å²) in [5.74, 6) is -1.27. The van der Waals surface area contributed by atoms with Crippen molar-refractivity contribution in [2.24, 2.45) is 0 Å². The minimum Gasteiger partial charge on any atom is -0.508 e. The van der Waals surface area contributed by atoms with Crippen molar-refractivity contribution in [2.45, 2.75) is 56.4 Å². The number of rotatable bonds is 5. The minimum atomic E-state index is -0.930. The first-order chi connectivity index (χ1) is 21.7. The van der Waals surface area contributed by atoms with Gasteiger partial charge in [-0.25, -0.2) is 18.2 Å². The van der Waals surface area contributed by atoms with Crippen molar-refractivity contribution in [2.75, 3.05) is 44.3 Å². The lowest BCUT2D eigenvalue weighted by molar-refractivity contribution is 0.107. The highest BCUT2D eigenvalue weighted by atomic mass is 35.5. The van der Waals surface area contributed by atoms with E-state index < -0.39 is 23.3 Å². The van der Waals surface area contributed by atoms with E-state index in [2.05, 4.69) is 32.0 Å². The predicted octanol–water partition coefficient (Wildman–Crippen LogP) is 5.39. The highest BCUT2D eigenvalue weighted by molar-refractivity contribution is 6.31. The Labute approximate surface area is 262 Å². The standard InChI is InChI=1S/C32H32ClF3N6O3/c1-2-18-13-42-19(11-37-18)14-44-30-24-28(39-31(40-29(24)42)45-15-32-6-3-7-41(32)12-17(34)10-32)26(36)27(38-30)21-9-20(43)8-16-4-5-22(33)25(35)23(16)21/h4-5,8-9,17-19,37,43H,2-3,6-7,10-15H2,1H3/t17-,18-,19+,32+/m1/s1. The second kappa shape index (κ2) is 10.7. The molecule has 0 bridgehead atoms. The average Bonchev–Trinajstić information content (AvgIpc) is 3.51. The number of hydrogen-bond acceptors (Lipinski definition) is 9. The van der Waals surface area contributed by atoms with Gasteiger partial charge in [-0.2, -0.15) is 9.97 Å². The van der Waals surface area contributed by atoms with E-state index >= 15 is 8.78 Å². The number of phenols is 1. The zero-order valence-corrected chi connectivity index (χ0v) is 25.4. The van der Waals surface area contributed by atoms with E-state index in [-0.39, 0.29) is 75.5 Å². The van der Waals surface area contributed by atoms with Crippen LogP contribution in [0.5, 0.6) is 17.6 Å². The first kappa shape index (κ1) is 28.8. The molecule has 2 aromatic heterocycles. The van der Waals surface area contributed by atoms with E-state index in [1.54, 1.807) is 6.07 Å². The number of anilines is 1. The molecule has 45 heavy (non-hydrogen) atoms. The largest absolute Gasteiger partial charge is 0.508 e. The van der Waals surface area contributed by atoms with E-state index in [0.717, 1.165) is 25.8 Å². The number of nitrogens with zero attached hydrogens (tertiary/aromatic N) is 5. The summed E-state index contributed by atoms with van der Waals surface area (Å²) in [6.07, 6.45) is 2.06. The maximum atomic E-state index is 16.9. The Morgan fingerprint density at radius 2 is 2.02 bits per heavy atom. The van der Waals surface area contributed by atoms with Gasteiger partial charge in [0.05, 0.1) is 16.6 Å². The molecule has 2 aromatic carbocycles. The number of aromatic nitrogens is 3. The minimum absolute atomic E-state index is 0.00185. The normalized spacial score (nSPS) is 26.2. The van der Waals surface area contributed by atoms with Gasteiger partial charge in [-0.05, 0) is 49.4 Å². The van der Waals surface area contributed by atoms with Crippen LogP contribution < -0.4 is 19.7 Å². The average molecular weight is 641 g/mol. The number of halogens is 4. The Kier molecular flexibility index (Phi) is 6.88. The molecule has 0 aliphatic carbocycles. The molecular formula is C32H32ClF3N6O3. The molecule has 0 spiro atoms. The van der Waals surface area contributed by atoms with Gasteiger partial charge in [0.15, 0.2) is 5.82 Å². The SMILES string of the molecule is CC[C@@H]1CN2c3nc(OC[C@@]45CCCN4C[C@H](F)C5)nc4c(F)c(-c5cc(O)cc6ccc(Cl)c(F)c56)nc(c34)OC[C@@H]2CN1. The second-order valence-corrected chi connectivity index (χ2v) is 13.0. The van der Waals surface area contributed by atoms with Crippen molar-refractivity contribution >= 4 is 39.1 Å². The Morgan fingerprint density at radius 1 is 1.16 bits per heavy atom. The number of fused-ring (bicyclic) bond motifs is 4. The number of hydrogen-bond donors (Lipinski definition) is 2. The molecule has 4 aliphatic rings. The summed E-state index contributed by atoms with van der Waals surface area (Å²) in [5.41, 5.74) is -0.806. The van der Waals surface area contributed by atoms with Gasteiger partial charge in [-0.3, -0.25) is 4.90 Å². The number of piperazine rings is 1. The Morgan fingerprint density at radius 3 is 2.87 bits per heavy atom. The summed E-state index contributed by atoms with van der Waals surface area (Å²) >= 11 is 6.13. The molecule has 3 saturated heterocycles. The van der Waals surface area contributed by atoms with Gasteiger partial charge in [-0.15, -0.1) is 0 Å². The molecule has 3 fully saturated rings. The summed E-state index contributed by atoms with van der Waals surface area (Å²) in [4.78, 5) is 18.2. The van der Waals surface area contributed by atoms with E-state index in [9.17, 15) is 9.50 Å². The smallest absolute Gasteiger partial charge is 0.319 e. The van der Waals surface area contributed by atoms with E-state index in [1.165, 1.54) is 18.2 Å². The molecule has 8 rings (SSSR count). The monoisotopic (exact) mass is 640 g/mol. The third kappa shape index (κ3) is 4.63. The molecule has 9 nitrogen and oxygen atoms in total. The van der Waals surface area contributed by atoms with Crippen LogP contribution in [0.3, 0.4) is 0 Å². The fourth-order valence-electron chi connectivity index (χ4n) is 7.59. The number of phenolic OH excluding ortho intramolecular Hbond substituents is 1. The van der Waals surface area contributed by atoms with Crippen LogP contribution >= 0.6 is 11.6 Å². The van der Waals surface area contributed by atoms with E-state index in [1.807, 2.05) is 0 Å². The predicted molar refractivity (Wildman–Crippen MR) is 164 cm³/mol. The van der Waals surface area contributed by atoms with Gasteiger partial charge in [0.2, 0.25) is 5.88 Å². The van der Waals surface area contributed by atoms with Gasteiger partial charge in [0, 0.05) is 43.0 Å². The summed E-state index contributed by atoms with van der Waals surface area (Å²) in [7, 11) is 0. The van der Waals surface area contributed by atoms with E-state index in [4.69, 9.17) is 26.1 Å². The van der Waals surface area contributed by atoms with Crippen LogP contribution in [0.25, 0.3) is 32.9 Å². The van der Waals surface area contributed by atoms with Crippen LogP contribution in [0, 0.1) is 11.6 Å². The molecular weight excluding hydrogens is 609 g/mol. The number of alkyl halides is 1. The number of benzene rings is 2. The molecule has 0 radical (unpaired) electrons. The molecule has 0 saturated carbocycles. The van der Waals surface area contributed by atoms with Gasteiger partial charge >= 0.3 is 6.01 Å². The maximum absolute atomic E-state index is 16.9. The fourth-order valence-corrected chi connectivity index (χ4v) is 7.75. The number of aromatic hydroxyl groups is 1. The summed E-state index contributed by atoms with van der Waals surface area (Å²) < 4.78 is 59.3. The highest BCUT2D eigenvalue weighted by Crippen LogP contribution is 2.45. The van der Waals surface area contributed by atoms with Crippen molar-refractivity contribution in [3.8, 4) is 28.9 Å². The summed E-state index contributed by atoms with van der Waals surface area (Å²) in [6.45, 7) is 4.88. The molecule has 4 aromatic rings. The fraction of sp³-hybridized carbons (Fsp3) is 0.469. The third-order valence-electron chi connectivity index (χ3n) is 9.87. The van der Waals surface area contributed by atoms with Gasteiger partial charge in [-0.1, -0.05) is 24.6 Å². The topological polar surface area (TPSA) is 95.9 Å². The zero-order chi connectivity index (χ0) is 31.0. The van der Waals surface area contributed by atoms with Crippen LogP contribution in [0.15, 0.2) is 24.3 Å².